The van der Waals surface area contributed by atoms with Crippen LogP contribution in [0.2, 0.25) is 0 Å². The third kappa shape index (κ3) is 8.70. The number of nitrogens with one attached hydrogen (secondary N) is 2. The number of urea groups is 1. The van der Waals surface area contributed by atoms with Gasteiger partial charge in [-0.15, -0.1) is 11.3 Å². The number of amides is 3. The van der Waals surface area contributed by atoms with Crippen LogP contribution < -0.4 is 20.1 Å². The van der Waals surface area contributed by atoms with E-state index in [2.05, 4.69) is 20.5 Å². The molecule has 2 aliphatic heterocycles. The molecule has 1 aromatic carbocycles. The Morgan fingerprint density at radius 2 is 1.80 bits per heavy atom. The van der Waals surface area contributed by atoms with Gasteiger partial charge in [-0.05, 0) is 81.4 Å². The Labute approximate surface area is 261 Å². The predicted molar refractivity (Wildman–Crippen MR) is 169 cm³/mol. The van der Waals surface area contributed by atoms with Gasteiger partial charge < -0.3 is 29.3 Å². The number of carbonyl (C=O) groups excluding carboxylic acids is 3. The molecule has 0 saturated carbocycles. The minimum atomic E-state index is -0.627. The van der Waals surface area contributed by atoms with Gasteiger partial charge in [0.15, 0.2) is 17.3 Å². The van der Waals surface area contributed by atoms with Crippen molar-refractivity contribution in [1.82, 2.24) is 14.8 Å². The lowest BCUT2D eigenvalue weighted by Crippen LogP contribution is -2.40. The summed E-state index contributed by atoms with van der Waals surface area (Å²) in [6.45, 7) is 10.1. The van der Waals surface area contributed by atoms with Crippen LogP contribution in [0, 0.1) is 0 Å². The number of fused-ring (bicyclic) bond motifs is 1. The number of hydrogen-bond acceptors (Lipinski definition) is 9. The fraction of sp³-hybridized carbons (Fsp3) is 0.438. The quantitative estimate of drug-likeness (QED) is 0.272. The maximum Gasteiger partial charge on any atom is 0.412 e. The fourth-order valence-electron chi connectivity index (χ4n) is 4.99. The van der Waals surface area contributed by atoms with E-state index in [1.807, 2.05) is 11.4 Å². The van der Waals surface area contributed by atoms with E-state index >= 15 is 0 Å². The van der Waals surface area contributed by atoms with Crippen molar-refractivity contribution in [2.75, 3.05) is 50.0 Å². The van der Waals surface area contributed by atoms with Crippen LogP contribution in [0.5, 0.6) is 11.5 Å². The predicted octanol–water partition coefficient (Wildman–Crippen LogP) is 5.82. The third-order valence-electron chi connectivity index (χ3n) is 7.18. The van der Waals surface area contributed by atoms with Crippen LogP contribution >= 0.6 is 11.3 Å². The third-order valence-corrected chi connectivity index (χ3v) is 7.97. The van der Waals surface area contributed by atoms with E-state index in [9.17, 15) is 14.4 Å². The van der Waals surface area contributed by atoms with Crippen LogP contribution in [0.3, 0.4) is 0 Å². The molecule has 2 aliphatic rings. The van der Waals surface area contributed by atoms with Crippen LogP contribution in [0.25, 0.3) is 0 Å². The number of anilines is 2. The zero-order valence-corrected chi connectivity index (χ0v) is 26.2. The number of likely N-dealkylation sites (tertiary alicyclic amines) is 1. The van der Waals surface area contributed by atoms with Crippen molar-refractivity contribution in [2.24, 2.45) is 0 Å². The van der Waals surface area contributed by atoms with Gasteiger partial charge in [-0.1, -0.05) is 6.07 Å². The summed E-state index contributed by atoms with van der Waals surface area (Å²) in [6.07, 6.45) is 3.50. The Balaban J connectivity index is 1.22. The van der Waals surface area contributed by atoms with Crippen LogP contribution in [0.15, 0.2) is 47.3 Å². The highest BCUT2D eigenvalue weighted by Gasteiger charge is 2.21. The Kier molecular flexibility index (Phi) is 10.0. The lowest BCUT2D eigenvalue weighted by molar-refractivity contribution is 0.0635. The van der Waals surface area contributed by atoms with Gasteiger partial charge in [0.05, 0.1) is 5.69 Å². The maximum absolute atomic E-state index is 13.4. The van der Waals surface area contributed by atoms with Gasteiger partial charge in [-0.3, -0.25) is 15.1 Å². The number of hydrogen-bond donors (Lipinski definition) is 2. The van der Waals surface area contributed by atoms with E-state index in [0.717, 1.165) is 25.2 Å². The fourth-order valence-corrected chi connectivity index (χ4v) is 5.78. The molecule has 0 unspecified atom stereocenters. The molecule has 2 N–H and O–H groups in total. The molecule has 0 aliphatic carbocycles. The lowest BCUT2D eigenvalue weighted by Gasteiger charge is -2.26. The molecular formula is C32H39N5O6S. The minimum absolute atomic E-state index is 0.0842. The van der Waals surface area contributed by atoms with Crippen LogP contribution in [-0.4, -0.2) is 77.7 Å². The number of ether oxygens (including phenoxy) is 3. The number of Topliss-reactive ketones (excluding diaryl/α,β-unsaturated/α-hetero) is 1. The molecule has 0 bridgehead atoms. The minimum Gasteiger partial charge on any atom is -0.486 e. The molecule has 2 aromatic heterocycles. The summed E-state index contributed by atoms with van der Waals surface area (Å²) in [7, 11) is 0. The van der Waals surface area contributed by atoms with E-state index in [1.165, 1.54) is 24.2 Å². The first-order valence-electron chi connectivity index (χ1n) is 14.8. The van der Waals surface area contributed by atoms with Crippen LogP contribution in [-0.2, 0) is 17.7 Å². The van der Waals surface area contributed by atoms with Crippen molar-refractivity contribution >= 4 is 40.6 Å². The van der Waals surface area contributed by atoms with Gasteiger partial charge in [0.1, 0.15) is 24.5 Å². The molecule has 234 valence electrons. The molecule has 0 atom stereocenters. The number of pyridine rings is 1. The first-order chi connectivity index (χ1) is 21.1. The summed E-state index contributed by atoms with van der Waals surface area (Å²) in [5, 5.41) is 9.32. The van der Waals surface area contributed by atoms with Gasteiger partial charge in [-0.2, -0.15) is 0 Å². The summed E-state index contributed by atoms with van der Waals surface area (Å²) in [5.41, 5.74) is 2.36. The number of nitrogens with zero attached hydrogens (tertiary/aromatic N) is 3. The second-order valence-electron chi connectivity index (χ2n) is 11.8. The van der Waals surface area contributed by atoms with E-state index < -0.39 is 11.7 Å². The highest BCUT2D eigenvalue weighted by Crippen LogP contribution is 2.32. The highest BCUT2D eigenvalue weighted by atomic mass is 32.1. The molecule has 0 spiro atoms. The molecule has 44 heavy (non-hydrogen) atoms. The van der Waals surface area contributed by atoms with Gasteiger partial charge in [0.2, 0.25) is 0 Å². The first-order valence-corrected chi connectivity index (χ1v) is 15.8. The van der Waals surface area contributed by atoms with Gasteiger partial charge in [-0.25, -0.2) is 9.59 Å². The highest BCUT2D eigenvalue weighted by molar-refractivity contribution is 7.08. The number of carbonyl (C=O) groups is 3. The van der Waals surface area contributed by atoms with Crippen molar-refractivity contribution in [2.45, 2.75) is 52.2 Å². The zero-order valence-electron chi connectivity index (χ0n) is 25.4. The van der Waals surface area contributed by atoms with E-state index in [4.69, 9.17) is 14.2 Å². The number of thiophene rings is 1. The number of ketones is 1. The van der Waals surface area contributed by atoms with Gasteiger partial charge in [0.25, 0.3) is 0 Å². The van der Waals surface area contributed by atoms with Crippen molar-refractivity contribution in [3.05, 3.63) is 64.1 Å². The largest absolute Gasteiger partial charge is 0.486 e. The molecule has 4 heterocycles. The van der Waals surface area contributed by atoms with Gasteiger partial charge in [0, 0.05) is 49.4 Å². The molecule has 12 heteroatoms. The summed E-state index contributed by atoms with van der Waals surface area (Å²) in [4.78, 5) is 47.3. The van der Waals surface area contributed by atoms with Crippen molar-refractivity contribution in [1.29, 1.82) is 0 Å². The smallest absolute Gasteiger partial charge is 0.412 e. The molecule has 1 fully saturated rings. The van der Waals surface area contributed by atoms with Crippen molar-refractivity contribution < 1.29 is 28.6 Å². The maximum atomic E-state index is 13.4. The van der Waals surface area contributed by atoms with E-state index in [1.54, 1.807) is 61.5 Å². The first kappa shape index (κ1) is 31.3. The van der Waals surface area contributed by atoms with Crippen molar-refractivity contribution in [3.63, 3.8) is 0 Å². The molecule has 5 rings (SSSR count). The molecule has 3 amide bonds. The van der Waals surface area contributed by atoms with Crippen LogP contribution in [0.1, 0.15) is 55.2 Å². The second-order valence-corrected chi connectivity index (χ2v) is 12.6. The normalized spacial score (nSPS) is 14.6. The number of benzene rings is 1. The Bertz CT molecular complexity index is 1460. The SMILES string of the molecule is CC(C)(C)OC(=O)Nc1cscc1CC(=O)c1ccc(CN(CCN2CCCC2)C(=O)Nc2ccc3c(c2)OCCO3)cn1. The number of aromatic nitrogens is 1. The standard InChI is InChI=1S/C32H39N5O6S/c1-32(2,3)43-31(40)35-26-21-44-20-23(26)16-27(38)25-8-6-22(18-33-25)19-37(13-12-36-10-4-5-11-36)30(39)34-24-7-9-28-29(17-24)42-15-14-41-28/h6-9,17-18,20-21H,4-5,10-16,19H2,1-3H3,(H,34,39)(H,35,40). The zero-order chi connectivity index (χ0) is 31.1. The average Bonchev–Trinajstić information content (AvgIpc) is 3.67. The Morgan fingerprint density at radius 3 is 2.52 bits per heavy atom. The molecule has 11 nitrogen and oxygen atoms in total. The molecule has 0 radical (unpaired) electrons. The summed E-state index contributed by atoms with van der Waals surface area (Å²) < 4.78 is 16.6. The number of rotatable bonds is 10. The Morgan fingerprint density at radius 1 is 1.02 bits per heavy atom. The van der Waals surface area contributed by atoms with Crippen LogP contribution in [0.4, 0.5) is 21.0 Å². The van der Waals surface area contributed by atoms with E-state index in [0.29, 0.717) is 60.4 Å². The summed E-state index contributed by atoms with van der Waals surface area (Å²) in [5.74, 6) is 1.09. The second kappa shape index (κ2) is 14.1. The summed E-state index contributed by atoms with van der Waals surface area (Å²) >= 11 is 1.39. The topological polar surface area (TPSA) is 122 Å². The van der Waals surface area contributed by atoms with Crippen molar-refractivity contribution in [3.8, 4) is 11.5 Å². The Hall–Kier alpha value is -4.16. The monoisotopic (exact) mass is 621 g/mol. The molecule has 3 aromatic rings. The average molecular weight is 622 g/mol. The van der Waals surface area contributed by atoms with E-state index in [-0.39, 0.29) is 18.2 Å². The molecular weight excluding hydrogens is 582 g/mol. The lowest BCUT2D eigenvalue weighted by atomic mass is 10.1. The molecule has 1 saturated heterocycles. The van der Waals surface area contributed by atoms with Gasteiger partial charge >= 0.3 is 12.1 Å². The summed E-state index contributed by atoms with van der Waals surface area (Å²) in [6, 6.07) is 8.65.